The Balaban J connectivity index is 0.00000600. The number of aliphatic hydroxyl groups is 1. The number of carbonyl (C=O) groups excluding carboxylic acids is 3. The minimum atomic E-state index is -1.70. The fraction of sp³-hybridized carbons (Fsp3) is 0.444. The number of nitrogens with one attached hydrogen (secondary N) is 1. The third kappa shape index (κ3) is 14.1. The van der Waals surface area contributed by atoms with Crippen molar-refractivity contribution in [1.82, 2.24) is 10.2 Å². The molecule has 14 heteroatoms. The first-order chi connectivity index (χ1) is 27.1. The van der Waals surface area contributed by atoms with E-state index in [0.717, 1.165) is 37.6 Å². The third-order valence-electron chi connectivity index (χ3n) is 10.4. The van der Waals surface area contributed by atoms with Crippen LogP contribution < -0.4 is 16.8 Å². The van der Waals surface area contributed by atoms with Crippen molar-refractivity contribution in [2.24, 2.45) is 29.2 Å². The van der Waals surface area contributed by atoms with Crippen LogP contribution in [0.1, 0.15) is 77.3 Å². The summed E-state index contributed by atoms with van der Waals surface area (Å²) in [5.41, 5.74) is 13.6. The molecule has 13 nitrogen and oxygen atoms in total. The zero-order chi connectivity index (χ0) is 41.8. The number of hydrogen-bond donors (Lipinski definition) is 6. The number of carboxylic acid groups (broad SMARTS) is 2. The summed E-state index contributed by atoms with van der Waals surface area (Å²) in [6.45, 7) is 7.65. The molecule has 3 amide bonds. The maximum atomic E-state index is 15.2. The summed E-state index contributed by atoms with van der Waals surface area (Å²) in [5, 5.41) is 38.1. The predicted molar refractivity (Wildman–Crippen MR) is 232 cm³/mol. The van der Waals surface area contributed by atoms with E-state index >= 15 is 4.79 Å². The quantitative estimate of drug-likeness (QED) is 0.0653. The molecule has 5 atom stereocenters. The molecule has 0 saturated carbocycles. The molecule has 0 aliphatic rings. The second-order valence-corrected chi connectivity index (χ2v) is 16.0. The number of imide groups is 1. The maximum absolute atomic E-state index is 15.2. The number of nitrogens with zero attached hydrogens (tertiary/aromatic N) is 1. The van der Waals surface area contributed by atoms with Crippen LogP contribution in [0, 0.1) is 17.8 Å². The average Bonchev–Trinajstić information content (AvgIpc) is 3.16. The van der Waals surface area contributed by atoms with Crippen molar-refractivity contribution in [3.63, 3.8) is 0 Å². The number of aliphatic hydroxyl groups excluding tert-OH is 1. The lowest BCUT2D eigenvalue weighted by Gasteiger charge is -2.33. The van der Waals surface area contributed by atoms with Crippen LogP contribution >= 0.6 is 12.4 Å². The SMILES string of the molecule is CC(C)C[C@H](NC(=O)[C@@H](N)CC(C)C)[C@@H](O)CC(=O)N(C(=O)C(Cc1cccc2ccccc12)Cc1cccc2ccccc12)C(CCCC(N)C(=O)O)C(=O)O.Cl.O. The van der Waals surface area contributed by atoms with Crippen LogP contribution in [0.25, 0.3) is 21.5 Å². The zero-order valence-corrected chi connectivity index (χ0v) is 35.1. The molecule has 59 heavy (non-hydrogen) atoms. The van der Waals surface area contributed by atoms with E-state index in [1.165, 1.54) is 0 Å². The average molecular weight is 837 g/mol. The molecule has 0 bridgehead atoms. The molecule has 0 radical (unpaired) electrons. The topological polar surface area (TPSA) is 245 Å². The van der Waals surface area contributed by atoms with Gasteiger partial charge in [-0.05, 0) is 89.5 Å². The zero-order valence-electron chi connectivity index (χ0n) is 34.3. The third-order valence-corrected chi connectivity index (χ3v) is 10.4. The molecule has 0 spiro atoms. The summed E-state index contributed by atoms with van der Waals surface area (Å²) in [6, 6.07) is 22.2. The Kier molecular flexibility index (Phi) is 20.1. The van der Waals surface area contributed by atoms with Gasteiger partial charge in [-0.1, -0.05) is 113 Å². The van der Waals surface area contributed by atoms with Crippen LogP contribution in [-0.4, -0.2) is 85.6 Å². The van der Waals surface area contributed by atoms with Gasteiger partial charge in [-0.2, -0.15) is 0 Å². The van der Waals surface area contributed by atoms with Gasteiger partial charge in [-0.25, -0.2) is 4.79 Å². The largest absolute Gasteiger partial charge is 0.480 e. The summed E-state index contributed by atoms with van der Waals surface area (Å²) >= 11 is 0. The minimum absolute atomic E-state index is 0. The number of carbonyl (C=O) groups is 5. The molecule has 0 aromatic heterocycles. The highest BCUT2D eigenvalue weighted by Gasteiger charge is 2.40. The van der Waals surface area contributed by atoms with E-state index in [9.17, 15) is 34.5 Å². The maximum Gasteiger partial charge on any atom is 0.326 e. The van der Waals surface area contributed by atoms with Crippen molar-refractivity contribution in [2.45, 2.75) is 109 Å². The summed E-state index contributed by atoms with van der Waals surface area (Å²) in [6.07, 6.45) is -1.53. The van der Waals surface area contributed by atoms with Gasteiger partial charge < -0.3 is 37.6 Å². The van der Waals surface area contributed by atoms with Gasteiger partial charge in [-0.15, -0.1) is 12.4 Å². The van der Waals surface area contributed by atoms with Crippen LogP contribution in [-0.2, 0) is 36.8 Å². The number of carboxylic acids is 2. The van der Waals surface area contributed by atoms with E-state index in [-0.39, 0.29) is 68.2 Å². The molecule has 0 aliphatic carbocycles. The summed E-state index contributed by atoms with van der Waals surface area (Å²) in [4.78, 5) is 68.2. The Hall–Kier alpha value is -4.92. The number of rotatable bonds is 21. The highest BCUT2D eigenvalue weighted by molar-refractivity contribution is 6.01. The fourth-order valence-electron chi connectivity index (χ4n) is 7.53. The van der Waals surface area contributed by atoms with Crippen molar-refractivity contribution >= 4 is 63.6 Å². The van der Waals surface area contributed by atoms with Crippen LogP contribution in [0.4, 0.5) is 0 Å². The molecule has 10 N–H and O–H groups in total. The smallest absolute Gasteiger partial charge is 0.326 e. The van der Waals surface area contributed by atoms with Gasteiger partial charge in [0.25, 0.3) is 0 Å². The van der Waals surface area contributed by atoms with Crippen LogP contribution in [0.3, 0.4) is 0 Å². The molecule has 0 aliphatic heterocycles. The van der Waals surface area contributed by atoms with Crippen molar-refractivity contribution in [2.75, 3.05) is 0 Å². The number of hydrogen-bond acceptors (Lipinski definition) is 8. The molecule has 4 aromatic carbocycles. The van der Waals surface area contributed by atoms with Gasteiger partial charge in [0.05, 0.1) is 24.6 Å². The number of aliphatic carboxylic acids is 2. The molecule has 0 saturated heterocycles. The number of benzene rings is 4. The second-order valence-electron chi connectivity index (χ2n) is 16.0. The predicted octanol–water partition coefficient (Wildman–Crippen LogP) is 5.04. The fourth-order valence-corrected chi connectivity index (χ4v) is 7.53. The van der Waals surface area contributed by atoms with Gasteiger partial charge >= 0.3 is 11.9 Å². The van der Waals surface area contributed by atoms with Gasteiger partial charge in [0.2, 0.25) is 17.7 Å². The lowest BCUT2D eigenvalue weighted by Crippen LogP contribution is -2.55. The summed E-state index contributed by atoms with van der Waals surface area (Å²) in [5.74, 6) is -5.71. The van der Waals surface area contributed by atoms with E-state index in [4.69, 9.17) is 11.5 Å². The number of halogens is 1. The monoisotopic (exact) mass is 836 g/mol. The van der Waals surface area contributed by atoms with Gasteiger partial charge in [-0.3, -0.25) is 24.1 Å². The Labute approximate surface area is 352 Å². The van der Waals surface area contributed by atoms with E-state index in [0.29, 0.717) is 6.42 Å². The van der Waals surface area contributed by atoms with Crippen LogP contribution in [0.2, 0.25) is 0 Å². The highest BCUT2D eigenvalue weighted by atomic mass is 35.5. The first-order valence-corrected chi connectivity index (χ1v) is 19.8. The number of amides is 3. The molecule has 0 heterocycles. The van der Waals surface area contributed by atoms with E-state index < -0.39 is 72.3 Å². The Morgan fingerprint density at radius 3 is 1.64 bits per heavy atom. The highest BCUT2D eigenvalue weighted by Crippen LogP contribution is 2.29. The van der Waals surface area contributed by atoms with E-state index in [1.807, 2.05) is 113 Å². The van der Waals surface area contributed by atoms with E-state index in [1.54, 1.807) is 0 Å². The van der Waals surface area contributed by atoms with Crippen LogP contribution in [0.15, 0.2) is 84.9 Å². The molecular formula is C45H61ClN4O9. The molecule has 322 valence electrons. The molecule has 0 fully saturated rings. The molecular weight excluding hydrogens is 776 g/mol. The minimum Gasteiger partial charge on any atom is -0.480 e. The second kappa shape index (κ2) is 23.6. The first kappa shape index (κ1) is 50.2. The number of nitrogens with two attached hydrogens (primary N) is 2. The molecule has 4 rings (SSSR count). The lowest BCUT2D eigenvalue weighted by molar-refractivity contribution is -0.161. The Bertz CT molecular complexity index is 1930. The van der Waals surface area contributed by atoms with Crippen molar-refractivity contribution in [3.8, 4) is 0 Å². The van der Waals surface area contributed by atoms with Crippen LogP contribution in [0.5, 0.6) is 0 Å². The van der Waals surface area contributed by atoms with Gasteiger partial charge in [0, 0.05) is 5.92 Å². The molecule has 2 unspecified atom stereocenters. The van der Waals surface area contributed by atoms with Crippen molar-refractivity contribution < 1.29 is 44.8 Å². The van der Waals surface area contributed by atoms with Crippen molar-refractivity contribution in [3.05, 3.63) is 96.1 Å². The van der Waals surface area contributed by atoms with Crippen molar-refractivity contribution in [1.29, 1.82) is 0 Å². The van der Waals surface area contributed by atoms with Gasteiger partial charge in [0.15, 0.2) is 0 Å². The summed E-state index contributed by atoms with van der Waals surface area (Å²) in [7, 11) is 0. The van der Waals surface area contributed by atoms with Gasteiger partial charge in [0.1, 0.15) is 12.1 Å². The Morgan fingerprint density at radius 1 is 0.678 bits per heavy atom. The number of fused-ring (bicyclic) bond motifs is 2. The van der Waals surface area contributed by atoms with E-state index in [2.05, 4.69) is 5.32 Å². The Morgan fingerprint density at radius 2 is 1.17 bits per heavy atom. The first-order valence-electron chi connectivity index (χ1n) is 19.8. The molecule has 4 aromatic rings. The summed E-state index contributed by atoms with van der Waals surface area (Å²) < 4.78 is 0. The lowest BCUT2D eigenvalue weighted by atomic mass is 9.87. The normalized spacial score (nSPS) is 13.9. The standard InChI is InChI=1S/C45H58N4O8.ClH.H2O/c1-27(2)22-37(47)42(52)48-38(23-28(3)4)40(50)26-41(51)49(39(45(56)57)21-11-20-36(46)44(54)55)43(53)33(24-31-16-9-14-29-12-5-7-18-34(29)31)25-32-17-10-15-30-13-6-8-19-35(30)32;;/h5-10,12-19,27-28,33,36-40,50H,11,20-26,46-47H2,1-4H3,(H,48,52)(H,54,55)(H,56,57);1H;1H2/t36?,37-,38-,39?,40-;;/m0../s1.